The van der Waals surface area contributed by atoms with Crippen LogP contribution in [0.2, 0.25) is 0 Å². The number of benzene rings is 4. The summed E-state index contributed by atoms with van der Waals surface area (Å²) in [5.74, 6) is -0.154. The zero-order chi connectivity index (χ0) is 29.3. The number of aromatic nitrogens is 2. The molecule has 0 atom stereocenters. The molecule has 0 fully saturated rings. The van der Waals surface area contributed by atoms with Gasteiger partial charge in [-0.15, -0.1) is 0 Å². The lowest BCUT2D eigenvalue weighted by Gasteiger charge is -2.20. The molecule has 1 aliphatic heterocycles. The number of imidazole rings is 1. The highest BCUT2D eigenvalue weighted by molar-refractivity contribution is 7.85. The Labute approximate surface area is 239 Å². The Morgan fingerprint density at radius 2 is 1.45 bits per heavy atom. The van der Waals surface area contributed by atoms with Crippen LogP contribution < -0.4 is 5.43 Å². The lowest BCUT2D eigenvalue weighted by Crippen LogP contribution is -2.30. The Bertz CT molecular complexity index is 2090. The largest absolute Gasteiger partial charge is 0.294 e. The van der Waals surface area contributed by atoms with Gasteiger partial charge in [0.1, 0.15) is 11.6 Å². The van der Waals surface area contributed by atoms with Gasteiger partial charge in [0, 0.05) is 5.57 Å². The second kappa shape index (κ2) is 10.7. The van der Waals surface area contributed by atoms with Gasteiger partial charge in [0.2, 0.25) is 0 Å². The van der Waals surface area contributed by atoms with Crippen LogP contribution in [0.1, 0.15) is 16.2 Å². The highest BCUT2D eigenvalue weighted by Gasteiger charge is 2.35. The number of fused-ring (bicyclic) bond motifs is 3. The van der Waals surface area contributed by atoms with E-state index < -0.39 is 16.0 Å². The van der Waals surface area contributed by atoms with Crippen molar-refractivity contribution >= 4 is 61.0 Å². The first-order valence-electron chi connectivity index (χ1n) is 12.5. The van der Waals surface area contributed by atoms with Crippen LogP contribution in [-0.2, 0) is 10.1 Å². The van der Waals surface area contributed by atoms with E-state index in [9.17, 15) is 18.5 Å². The molecule has 2 heterocycles. The van der Waals surface area contributed by atoms with E-state index in [4.69, 9.17) is 4.55 Å². The number of nitrogens with zero attached hydrogens (tertiary/aromatic N) is 6. The molecule has 42 heavy (non-hydrogen) atoms. The predicted molar refractivity (Wildman–Crippen MR) is 157 cm³/mol. The van der Waals surface area contributed by atoms with Crippen molar-refractivity contribution in [2.75, 3.05) is 5.43 Å². The number of allylic oxidation sites excluding steroid dienone is 2. The Balaban J connectivity index is 1.32. The minimum Gasteiger partial charge on any atom is -0.282 e. The second-order valence-corrected chi connectivity index (χ2v) is 10.5. The molecular formula is C30H19N7O4S. The fraction of sp³-hybridized carbons (Fsp3) is 0. The van der Waals surface area contributed by atoms with Crippen molar-refractivity contribution in [3.8, 4) is 6.07 Å². The third-order valence-electron chi connectivity index (χ3n) is 6.43. The van der Waals surface area contributed by atoms with Crippen LogP contribution in [0.4, 0.5) is 17.1 Å². The van der Waals surface area contributed by atoms with E-state index in [0.717, 1.165) is 0 Å². The number of azo groups is 1. The number of nitrogens with one attached hydrogen (secondary N) is 1. The van der Waals surface area contributed by atoms with E-state index in [1.165, 1.54) is 28.8 Å². The SMILES string of the molecule is N#CC1=C(c2ccccc2)/C(=N\Nc2ccc(N=Nc3ccc(S(=O)(=O)O)cc3)cc2)C(=O)n2c1nc1ccccc12. The molecule has 6 rings (SSSR count). The molecule has 0 spiro atoms. The first-order chi connectivity index (χ1) is 20.3. The van der Waals surface area contributed by atoms with E-state index in [-0.39, 0.29) is 22.0 Å². The highest BCUT2D eigenvalue weighted by Crippen LogP contribution is 2.34. The molecular weight excluding hydrogens is 554 g/mol. The van der Waals surface area contributed by atoms with Crippen molar-refractivity contribution in [1.82, 2.24) is 9.55 Å². The standard InChI is InChI=1S/C30H19N7O4S/c31-18-24-27(19-6-2-1-3-7-19)28(30(38)37-26-9-5-4-8-25(26)32-29(24)37)36-35-21-12-10-20(11-13-21)33-34-22-14-16-23(17-15-22)42(39,40)41/h1-17,35H,(H,39,40,41)/b34-33?,36-28+. The van der Waals surface area contributed by atoms with Crippen molar-refractivity contribution in [2.45, 2.75) is 4.90 Å². The van der Waals surface area contributed by atoms with Gasteiger partial charge >= 0.3 is 0 Å². The van der Waals surface area contributed by atoms with Crippen LogP contribution in [0.25, 0.3) is 22.2 Å². The summed E-state index contributed by atoms with van der Waals surface area (Å²) in [6.07, 6.45) is 0. The number of anilines is 1. The summed E-state index contributed by atoms with van der Waals surface area (Å²) in [4.78, 5) is 18.2. The molecule has 0 radical (unpaired) electrons. The molecule has 2 N–H and O–H groups in total. The zero-order valence-electron chi connectivity index (χ0n) is 21.6. The van der Waals surface area contributed by atoms with Crippen LogP contribution in [0, 0.1) is 11.3 Å². The van der Waals surface area contributed by atoms with E-state index in [1.54, 1.807) is 42.5 Å². The topological polar surface area (TPSA) is 162 Å². The zero-order valence-corrected chi connectivity index (χ0v) is 22.4. The van der Waals surface area contributed by atoms with Gasteiger partial charge in [-0.1, -0.05) is 42.5 Å². The summed E-state index contributed by atoms with van der Waals surface area (Å²) >= 11 is 0. The van der Waals surface area contributed by atoms with E-state index in [2.05, 4.69) is 31.8 Å². The lowest BCUT2D eigenvalue weighted by atomic mass is 9.92. The van der Waals surface area contributed by atoms with Gasteiger partial charge in [-0.05, 0) is 66.2 Å². The second-order valence-electron chi connectivity index (χ2n) is 9.08. The molecule has 12 heteroatoms. The number of hydrogen-bond donors (Lipinski definition) is 2. The molecule has 4 aromatic carbocycles. The summed E-state index contributed by atoms with van der Waals surface area (Å²) in [6.45, 7) is 0. The predicted octanol–water partition coefficient (Wildman–Crippen LogP) is 6.25. The van der Waals surface area contributed by atoms with Crippen molar-refractivity contribution in [3.63, 3.8) is 0 Å². The molecule has 5 aromatic rings. The van der Waals surface area contributed by atoms with Crippen LogP contribution in [0.15, 0.2) is 123 Å². The van der Waals surface area contributed by atoms with Crippen molar-refractivity contribution in [2.24, 2.45) is 15.3 Å². The summed E-state index contributed by atoms with van der Waals surface area (Å²) < 4.78 is 32.9. The third kappa shape index (κ3) is 4.97. The summed E-state index contributed by atoms with van der Waals surface area (Å²) in [6, 6.07) is 30.6. The van der Waals surface area contributed by atoms with E-state index in [1.807, 2.05) is 36.4 Å². The minimum absolute atomic E-state index is 0.0607. The quantitative estimate of drug-likeness (QED) is 0.138. The average molecular weight is 574 g/mol. The van der Waals surface area contributed by atoms with Crippen molar-refractivity contribution < 1.29 is 17.8 Å². The van der Waals surface area contributed by atoms with Gasteiger partial charge < -0.3 is 0 Å². The van der Waals surface area contributed by atoms with Crippen molar-refractivity contribution in [3.05, 3.63) is 115 Å². The number of nitriles is 1. The first kappa shape index (κ1) is 26.5. The first-order valence-corrected chi connectivity index (χ1v) is 13.9. The maximum Gasteiger partial charge on any atom is 0.294 e. The van der Waals surface area contributed by atoms with Gasteiger partial charge in [0.25, 0.3) is 16.0 Å². The summed E-state index contributed by atoms with van der Waals surface area (Å²) in [5.41, 5.74) is 6.87. The summed E-state index contributed by atoms with van der Waals surface area (Å²) in [5, 5.41) is 22.9. The van der Waals surface area contributed by atoms with E-state index >= 15 is 0 Å². The lowest BCUT2D eigenvalue weighted by molar-refractivity contribution is 0.0994. The maximum atomic E-state index is 13.8. The molecule has 204 valence electrons. The Hall–Kier alpha value is -5.77. The molecule has 0 unspecified atom stereocenters. The average Bonchev–Trinajstić information content (AvgIpc) is 3.40. The number of hydrogen-bond acceptors (Lipinski definition) is 9. The molecule has 0 bridgehead atoms. The fourth-order valence-electron chi connectivity index (χ4n) is 4.46. The fourth-order valence-corrected chi connectivity index (χ4v) is 4.94. The number of rotatable bonds is 6. The number of carbonyl (C=O) groups excluding carboxylic acids is 1. The highest BCUT2D eigenvalue weighted by atomic mass is 32.2. The summed E-state index contributed by atoms with van der Waals surface area (Å²) in [7, 11) is -4.29. The van der Waals surface area contributed by atoms with Gasteiger partial charge in [0.05, 0.1) is 33.0 Å². The Kier molecular flexibility index (Phi) is 6.71. The minimum atomic E-state index is -4.29. The van der Waals surface area contributed by atoms with Crippen LogP contribution in [0.5, 0.6) is 0 Å². The van der Waals surface area contributed by atoms with Crippen LogP contribution in [0.3, 0.4) is 0 Å². The van der Waals surface area contributed by atoms with Crippen molar-refractivity contribution in [1.29, 1.82) is 5.26 Å². The van der Waals surface area contributed by atoms with Crippen LogP contribution >= 0.6 is 0 Å². The number of carbonyl (C=O) groups is 1. The Morgan fingerprint density at radius 3 is 2.10 bits per heavy atom. The molecule has 0 aliphatic carbocycles. The molecule has 1 aliphatic rings. The third-order valence-corrected chi connectivity index (χ3v) is 7.30. The smallest absolute Gasteiger partial charge is 0.282 e. The van der Waals surface area contributed by atoms with Gasteiger partial charge in [0.15, 0.2) is 11.5 Å². The Morgan fingerprint density at radius 1 is 0.833 bits per heavy atom. The van der Waals surface area contributed by atoms with Gasteiger partial charge in [-0.2, -0.15) is 29.0 Å². The van der Waals surface area contributed by atoms with E-state index in [0.29, 0.717) is 39.2 Å². The van der Waals surface area contributed by atoms with Gasteiger partial charge in [-0.25, -0.2) is 4.98 Å². The van der Waals surface area contributed by atoms with Gasteiger partial charge in [-0.3, -0.25) is 19.3 Å². The molecule has 0 amide bonds. The molecule has 0 saturated heterocycles. The number of para-hydroxylation sites is 2. The monoisotopic (exact) mass is 573 g/mol. The number of hydrazone groups is 1. The van der Waals surface area contributed by atoms with Crippen LogP contribution in [-0.4, -0.2) is 34.1 Å². The maximum absolute atomic E-state index is 13.8. The molecule has 1 aromatic heterocycles. The molecule has 0 saturated carbocycles. The molecule has 11 nitrogen and oxygen atoms in total. The normalized spacial score (nSPS) is 14.4.